The maximum Gasteiger partial charge on any atom is 0.329 e. The number of amides is 3. The molecule has 1 saturated heterocycles. The monoisotopic (exact) mass is 414 g/mol. The van der Waals surface area contributed by atoms with Crippen LogP contribution in [0, 0.1) is 0 Å². The summed E-state index contributed by atoms with van der Waals surface area (Å²) in [4.78, 5) is 25.1. The number of unbranched alkanes of at least 4 members (excludes halogenated alkanes) is 8. The van der Waals surface area contributed by atoms with Crippen LogP contribution in [0.2, 0.25) is 0 Å². The Balaban J connectivity index is 1.47. The fourth-order valence-corrected chi connectivity index (χ4v) is 4.08. The molecule has 0 unspecified atom stereocenters. The van der Waals surface area contributed by atoms with Crippen LogP contribution in [-0.2, 0) is 18.3 Å². The summed E-state index contributed by atoms with van der Waals surface area (Å²) < 4.78 is 1.81. The van der Waals surface area contributed by atoms with Crippen LogP contribution >= 0.6 is 0 Å². The number of aliphatic hydroxyl groups is 1. The zero-order valence-electron chi connectivity index (χ0n) is 18.0. The highest BCUT2D eigenvalue weighted by molar-refractivity contribution is 6.08. The van der Waals surface area contributed by atoms with Crippen molar-refractivity contribution in [2.24, 2.45) is 7.05 Å². The number of rotatable bonds is 12. The number of carbonyl (C=O) groups excluding carboxylic acids is 2. The zero-order valence-corrected chi connectivity index (χ0v) is 18.0. The highest BCUT2D eigenvalue weighted by atomic mass is 16.3. The predicted molar refractivity (Wildman–Crippen MR) is 119 cm³/mol. The van der Waals surface area contributed by atoms with Gasteiger partial charge in [0.25, 0.3) is 0 Å². The van der Waals surface area contributed by atoms with E-state index in [2.05, 4.69) is 22.5 Å². The fourth-order valence-electron chi connectivity index (χ4n) is 4.08. The highest BCUT2D eigenvalue weighted by Crippen LogP contribution is 2.28. The molecule has 3 amide bonds. The number of aromatic nitrogens is 2. The summed E-state index contributed by atoms with van der Waals surface area (Å²) in [5.74, 6) is 0.378. The molecule has 1 fully saturated rings. The van der Waals surface area contributed by atoms with Crippen molar-refractivity contribution in [1.29, 1.82) is 0 Å². The van der Waals surface area contributed by atoms with Crippen molar-refractivity contribution in [2.75, 3.05) is 18.1 Å². The van der Waals surface area contributed by atoms with Crippen LogP contribution in [-0.4, -0.2) is 40.0 Å². The lowest BCUT2D eigenvalue weighted by atomic mass is 10.0. The summed E-state index contributed by atoms with van der Waals surface area (Å²) >= 11 is 0. The molecule has 7 heteroatoms. The summed E-state index contributed by atoms with van der Waals surface area (Å²) in [6, 6.07) is 5.94. The van der Waals surface area contributed by atoms with Gasteiger partial charge in [0, 0.05) is 32.0 Å². The molecule has 0 atom stereocenters. The van der Waals surface area contributed by atoms with Gasteiger partial charge in [0.1, 0.15) is 0 Å². The lowest BCUT2D eigenvalue weighted by molar-refractivity contribution is -0.120. The number of aryl methyl sites for hydroxylation is 2. The molecule has 0 saturated carbocycles. The molecular weight excluding hydrogens is 380 g/mol. The Labute approximate surface area is 178 Å². The van der Waals surface area contributed by atoms with Crippen LogP contribution in [0.3, 0.4) is 0 Å². The van der Waals surface area contributed by atoms with E-state index in [0.29, 0.717) is 25.4 Å². The number of nitrogens with one attached hydrogen (secondary N) is 1. The summed E-state index contributed by atoms with van der Waals surface area (Å²) in [6.07, 6.45) is 12.2. The number of hydrogen-bond acceptors (Lipinski definition) is 4. The second-order valence-corrected chi connectivity index (χ2v) is 8.21. The first kappa shape index (κ1) is 22.3. The van der Waals surface area contributed by atoms with Crippen molar-refractivity contribution in [3.63, 3.8) is 0 Å². The van der Waals surface area contributed by atoms with Crippen molar-refractivity contribution in [3.8, 4) is 0 Å². The normalized spacial score (nSPS) is 14.5. The van der Waals surface area contributed by atoms with Gasteiger partial charge < -0.3 is 5.11 Å². The maximum absolute atomic E-state index is 12.2. The van der Waals surface area contributed by atoms with E-state index in [0.717, 1.165) is 30.2 Å². The van der Waals surface area contributed by atoms with Gasteiger partial charge in [-0.2, -0.15) is 5.10 Å². The predicted octanol–water partition coefficient (Wildman–Crippen LogP) is 4.07. The van der Waals surface area contributed by atoms with Gasteiger partial charge in [-0.3, -0.25) is 19.7 Å². The Kier molecular flexibility index (Phi) is 8.25. The van der Waals surface area contributed by atoms with Crippen LogP contribution in [0.4, 0.5) is 10.6 Å². The molecule has 2 N–H and O–H groups in total. The Hall–Kier alpha value is -2.41. The van der Waals surface area contributed by atoms with Crippen LogP contribution in [0.15, 0.2) is 18.2 Å². The van der Waals surface area contributed by atoms with Crippen molar-refractivity contribution < 1.29 is 14.7 Å². The molecule has 0 bridgehead atoms. The third kappa shape index (κ3) is 5.81. The van der Waals surface area contributed by atoms with Crippen LogP contribution in [0.25, 0.3) is 10.9 Å². The van der Waals surface area contributed by atoms with Crippen LogP contribution in [0.1, 0.15) is 69.8 Å². The van der Waals surface area contributed by atoms with Gasteiger partial charge in [-0.25, -0.2) is 4.79 Å². The fraction of sp³-hybridized carbons (Fsp3) is 0.609. The molecule has 2 heterocycles. The average Bonchev–Trinajstić information content (AvgIpc) is 3.05. The second-order valence-electron chi connectivity index (χ2n) is 8.21. The topological polar surface area (TPSA) is 87.5 Å². The summed E-state index contributed by atoms with van der Waals surface area (Å²) in [5.41, 5.74) is 2.30. The number of imide groups is 1. The highest BCUT2D eigenvalue weighted by Gasteiger charge is 2.27. The van der Waals surface area contributed by atoms with Crippen molar-refractivity contribution in [1.82, 2.24) is 15.1 Å². The third-order valence-electron chi connectivity index (χ3n) is 5.83. The minimum Gasteiger partial charge on any atom is -0.396 e. The molecule has 0 spiro atoms. The van der Waals surface area contributed by atoms with Crippen molar-refractivity contribution in [3.05, 3.63) is 23.8 Å². The molecule has 3 rings (SSSR count). The summed E-state index contributed by atoms with van der Waals surface area (Å²) in [7, 11) is 1.89. The molecule has 0 radical (unpaired) electrons. The third-order valence-corrected chi connectivity index (χ3v) is 5.83. The minimum atomic E-state index is -0.399. The lowest BCUT2D eigenvalue weighted by Gasteiger charge is -2.24. The Morgan fingerprint density at radius 2 is 1.67 bits per heavy atom. The second kappa shape index (κ2) is 11.1. The standard InChI is InChI=1S/C23H34N4O3/c1-26-20-17-18(11-9-7-5-3-2-4-6-8-10-16-28)12-13-19(20)22(25-26)27-15-14-21(29)24-23(27)30/h12-13,17,28H,2-11,14-16H2,1H3,(H,24,29,30). The zero-order chi connectivity index (χ0) is 21.3. The summed E-state index contributed by atoms with van der Waals surface area (Å²) in [6.45, 7) is 0.681. The maximum atomic E-state index is 12.2. The van der Waals surface area contributed by atoms with Gasteiger partial charge in [-0.1, -0.05) is 51.0 Å². The number of urea groups is 1. The molecule has 164 valence electrons. The Bertz CT molecular complexity index is 861. The molecule has 2 aromatic rings. The average molecular weight is 415 g/mol. The lowest BCUT2D eigenvalue weighted by Crippen LogP contribution is -2.49. The number of benzene rings is 1. The first-order chi connectivity index (χ1) is 14.6. The number of fused-ring (bicyclic) bond motifs is 1. The number of nitrogens with zero attached hydrogens (tertiary/aromatic N) is 3. The van der Waals surface area contributed by atoms with Crippen LogP contribution in [0.5, 0.6) is 0 Å². The molecule has 7 nitrogen and oxygen atoms in total. The quantitative estimate of drug-likeness (QED) is 0.513. The first-order valence-corrected chi connectivity index (χ1v) is 11.3. The number of carbonyl (C=O) groups is 2. The van der Waals surface area contributed by atoms with Gasteiger partial charge in [0.2, 0.25) is 5.91 Å². The Morgan fingerprint density at radius 3 is 2.33 bits per heavy atom. The Morgan fingerprint density at radius 1 is 1.00 bits per heavy atom. The minimum absolute atomic E-state index is 0.236. The van der Waals surface area contributed by atoms with E-state index in [1.54, 1.807) is 4.90 Å². The van der Waals surface area contributed by atoms with Crippen molar-refractivity contribution in [2.45, 2.75) is 70.6 Å². The molecular formula is C23H34N4O3. The van der Waals surface area contributed by atoms with Gasteiger partial charge in [0.05, 0.1) is 5.52 Å². The van der Waals surface area contributed by atoms with E-state index >= 15 is 0 Å². The number of anilines is 1. The molecule has 1 aromatic heterocycles. The van der Waals surface area contributed by atoms with E-state index in [4.69, 9.17) is 5.11 Å². The first-order valence-electron chi connectivity index (χ1n) is 11.3. The van der Waals surface area contributed by atoms with Crippen LogP contribution < -0.4 is 10.2 Å². The number of hydrogen-bond donors (Lipinski definition) is 2. The van der Waals surface area contributed by atoms with E-state index in [1.165, 1.54) is 50.5 Å². The van der Waals surface area contributed by atoms with Gasteiger partial charge in [-0.05, 0) is 37.0 Å². The smallest absolute Gasteiger partial charge is 0.329 e. The molecule has 0 aliphatic carbocycles. The van der Waals surface area contributed by atoms with Crippen molar-refractivity contribution >= 4 is 28.7 Å². The van der Waals surface area contributed by atoms with E-state index in [9.17, 15) is 9.59 Å². The largest absolute Gasteiger partial charge is 0.396 e. The molecule has 1 aliphatic heterocycles. The molecule has 1 aliphatic rings. The van der Waals surface area contributed by atoms with E-state index in [-0.39, 0.29) is 5.91 Å². The van der Waals surface area contributed by atoms with Gasteiger partial charge in [-0.15, -0.1) is 0 Å². The van der Waals surface area contributed by atoms with E-state index in [1.807, 2.05) is 17.8 Å². The van der Waals surface area contributed by atoms with E-state index < -0.39 is 6.03 Å². The number of aliphatic hydroxyl groups excluding tert-OH is 1. The summed E-state index contributed by atoms with van der Waals surface area (Å²) in [5, 5.41) is 16.6. The molecule has 1 aromatic carbocycles. The van der Waals surface area contributed by atoms with Gasteiger partial charge in [0.15, 0.2) is 5.82 Å². The molecule has 30 heavy (non-hydrogen) atoms. The van der Waals surface area contributed by atoms with Gasteiger partial charge >= 0.3 is 6.03 Å². The SMILES string of the molecule is Cn1nc(N2CCC(=O)NC2=O)c2ccc(CCCCCCCCCCCO)cc21.